The van der Waals surface area contributed by atoms with E-state index >= 15 is 0 Å². The van der Waals surface area contributed by atoms with Crippen LogP contribution in [-0.2, 0) is 0 Å². The van der Waals surface area contributed by atoms with Gasteiger partial charge in [0.15, 0.2) is 0 Å². The van der Waals surface area contributed by atoms with Gasteiger partial charge in [0.05, 0.1) is 38.0 Å². The van der Waals surface area contributed by atoms with Crippen LogP contribution in [0.5, 0.6) is 0 Å². The first-order chi connectivity index (χ1) is 22.8. The third kappa shape index (κ3) is 11.4. The van der Waals surface area contributed by atoms with Crippen LogP contribution >= 0.6 is 45.8 Å². The zero-order valence-corrected chi connectivity index (χ0v) is 27.6. The van der Waals surface area contributed by atoms with Gasteiger partial charge in [0.1, 0.15) is 0 Å². The largest absolute Gasteiger partial charge is 0.488 e. The summed E-state index contributed by atoms with van der Waals surface area (Å²) in [4.78, 5) is 31.7. The lowest BCUT2D eigenvalue weighted by molar-refractivity contribution is -0.385. The van der Waals surface area contributed by atoms with Gasteiger partial charge in [0.25, 0.3) is 17.1 Å². The molecule has 0 unspecified atom stereocenters. The second kappa shape index (κ2) is 19.2. The molecule has 0 saturated carbocycles. The minimum absolute atomic E-state index is 0.113. The fourth-order valence-corrected chi connectivity index (χ4v) is 4.77. The van der Waals surface area contributed by atoms with Crippen LogP contribution in [-0.4, -0.2) is 39.1 Å². The van der Waals surface area contributed by atoms with Crippen LogP contribution in [0.2, 0.25) is 10.0 Å². The van der Waals surface area contributed by atoms with E-state index in [1.165, 1.54) is 24.3 Å². The molecule has 0 fully saturated rings. The van der Waals surface area contributed by atoms with Crippen molar-refractivity contribution in [3.8, 4) is 22.3 Å². The highest BCUT2D eigenvalue weighted by Crippen LogP contribution is 2.42. The lowest BCUT2D eigenvalue weighted by Gasteiger charge is -2.11. The van der Waals surface area contributed by atoms with Crippen molar-refractivity contribution in [1.82, 2.24) is 0 Å². The van der Waals surface area contributed by atoms with Crippen LogP contribution < -0.4 is 5.46 Å². The molecule has 0 saturated heterocycles. The van der Waals surface area contributed by atoms with Crippen molar-refractivity contribution in [2.24, 2.45) is 0 Å². The summed E-state index contributed by atoms with van der Waals surface area (Å²) in [6.45, 7) is 0. The molecule has 5 aromatic carbocycles. The average Bonchev–Trinajstić information content (AvgIpc) is 3.06. The van der Waals surface area contributed by atoms with Crippen molar-refractivity contribution >= 4 is 75.4 Å². The molecule has 0 spiro atoms. The van der Waals surface area contributed by atoms with Crippen LogP contribution in [0.1, 0.15) is 1.37 Å². The van der Waals surface area contributed by atoms with Crippen molar-refractivity contribution in [1.29, 1.82) is 0 Å². The Morgan fingerprint density at radius 3 is 1.55 bits per heavy atom. The summed E-state index contributed by atoms with van der Waals surface area (Å²) < 4.78 is 16.2. The van der Waals surface area contributed by atoms with E-state index in [-0.39, 0.29) is 22.0 Å². The third-order valence-corrected chi connectivity index (χ3v) is 7.40. The number of rotatable bonds is 6. The van der Waals surface area contributed by atoms with Gasteiger partial charge >= 0.3 is 7.12 Å². The first-order valence-electron chi connectivity index (χ1n) is 13.7. The maximum absolute atomic E-state index is 11.5. The van der Waals surface area contributed by atoms with E-state index in [1.54, 1.807) is 91.0 Å². The van der Waals surface area contributed by atoms with Crippen LogP contribution in [0, 0.1) is 33.9 Å². The van der Waals surface area contributed by atoms with Crippen LogP contribution in [0.15, 0.2) is 115 Å². The summed E-state index contributed by atoms with van der Waals surface area (Å²) in [5, 5.41) is 51.4. The predicted molar refractivity (Wildman–Crippen MR) is 190 cm³/mol. The summed E-state index contributed by atoms with van der Waals surface area (Å²) in [7, 11) is -2.41. The van der Waals surface area contributed by atoms with E-state index in [2.05, 4.69) is 0 Å². The fraction of sp³-hybridized carbons (Fsp3) is 0.0323. The van der Waals surface area contributed by atoms with Gasteiger partial charge < -0.3 is 10.0 Å². The number of hydrogen-bond acceptors (Lipinski definition) is 8. The second-order valence-corrected chi connectivity index (χ2v) is 10.9. The first-order valence-corrected chi connectivity index (χ1v) is 14.8. The molecule has 0 amide bonds. The summed E-state index contributed by atoms with van der Waals surface area (Å²) >= 11 is 13.4. The second-order valence-electron chi connectivity index (χ2n) is 8.87. The van der Waals surface area contributed by atoms with E-state index in [0.717, 1.165) is 0 Å². The van der Waals surface area contributed by atoms with E-state index in [0.29, 0.717) is 41.3 Å². The van der Waals surface area contributed by atoms with Crippen molar-refractivity contribution in [2.45, 2.75) is 0 Å². The summed E-state index contributed by atoms with van der Waals surface area (Å²) in [5.41, 5.74) is 2.00. The molecule has 5 rings (SSSR count). The molecule has 0 aliphatic carbocycles. The monoisotopic (exact) mass is 794 g/mol. The van der Waals surface area contributed by atoms with E-state index in [1.807, 2.05) is 22.6 Å². The number of nitro groups is 3. The molecule has 0 bridgehead atoms. The highest BCUT2D eigenvalue weighted by atomic mass is 127. The van der Waals surface area contributed by atoms with Gasteiger partial charge in [0, 0.05) is 33.8 Å². The number of alkyl halides is 1. The Bertz CT molecular complexity index is 1840. The number of benzene rings is 5. The Kier molecular flexibility index (Phi) is 15.1. The molecule has 11 nitrogen and oxygen atoms in total. The predicted octanol–water partition coefficient (Wildman–Crippen LogP) is 8.30. The van der Waals surface area contributed by atoms with Crippen LogP contribution in [0.3, 0.4) is 0 Å². The zero-order chi connectivity index (χ0) is 35.8. The molecule has 5 aromatic rings. The Labute approximate surface area is 293 Å². The van der Waals surface area contributed by atoms with Gasteiger partial charge in [-0.25, -0.2) is 0 Å². The van der Waals surface area contributed by atoms with Gasteiger partial charge in [-0.2, -0.15) is 0 Å². The average molecular weight is 795 g/mol. The summed E-state index contributed by atoms with van der Waals surface area (Å²) in [6, 6.07) is 30.2. The third-order valence-electron chi connectivity index (χ3n) is 5.98. The van der Waals surface area contributed by atoms with Gasteiger partial charge in [0.2, 0.25) is 0 Å². The van der Waals surface area contributed by atoms with E-state index in [9.17, 15) is 34.7 Å². The number of hydrogen-bond donors (Lipinski definition) is 2. The molecule has 0 radical (unpaired) electrons. The lowest BCUT2D eigenvalue weighted by atomic mass is 9.81. The Balaban J connectivity index is 0.000000285. The molecule has 0 aromatic heterocycles. The molecule has 2 N–H and O–H groups in total. The number of halogens is 4. The first kappa shape index (κ1) is 37.0. The topological polar surface area (TPSA) is 170 Å². The highest BCUT2D eigenvalue weighted by molar-refractivity contribution is 14.1. The number of para-hydroxylation sites is 2. The van der Waals surface area contributed by atoms with Gasteiger partial charge in [-0.15, -0.1) is 0 Å². The molecule has 16 heteroatoms. The molecule has 0 aliphatic heterocycles. The molecular formula is C31H24BCl2FIN3O8. The molecule has 0 aliphatic rings. The minimum Gasteiger partial charge on any atom is -0.423 e. The Hall–Kier alpha value is -4.48. The fourth-order valence-electron chi connectivity index (χ4n) is 3.93. The maximum Gasteiger partial charge on any atom is 0.488 e. The minimum atomic E-state index is -1.41. The highest BCUT2D eigenvalue weighted by Gasteiger charge is 2.24. The van der Waals surface area contributed by atoms with E-state index in [4.69, 9.17) is 34.6 Å². The van der Waals surface area contributed by atoms with Crippen molar-refractivity contribution in [2.75, 3.05) is 7.15 Å². The van der Waals surface area contributed by atoms with Gasteiger partial charge in [-0.05, 0) is 70.0 Å². The number of nitrogens with zero attached hydrogens (tertiary/aromatic N) is 3. The Morgan fingerprint density at radius 1 is 0.660 bits per heavy atom. The summed E-state index contributed by atoms with van der Waals surface area (Å²) in [6.07, 6.45) is 0. The van der Waals surface area contributed by atoms with Crippen molar-refractivity contribution in [3.05, 3.63) is 159 Å². The SMILES string of the molecule is O=[N+]([O-])c1ccccc1-c1cccc([N+](=O)[O-])c1-c1ccc(Cl)cc1.O=[N+]([O-])c1ccccc1I.OB(O)c1ccc(Cl)cc1.[2H]CF. The molecule has 0 heterocycles. The van der Waals surface area contributed by atoms with Gasteiger partial charge in [-0.1, -0.05) is 83.9 Å². The van der Waals surface area contributed by atoms with Crippen molar-refractivity contribution < 1.29 is 30.6 Å². The van der Waals surface area contributed by atoms with Crippen LogP contribution in [0.4, 0.5) is 21.5 Å². The van der Waals surface area contributed by atoms with Crippen molar-refractivity contribution in [3.63, 3.8) is 0 Å². The van der Waals surface area contributed by atoms with E-state index < -0.39 is 24.1 Å². The normalized spacial score (nSPS) is 9.96. The molecule has 47 heavy (non-hydrogen) atoms. The molecular weight excluding hydrogens is 770 g/mol. The van der Waals surface area contributed by atoms with Crippen LogP contribution in [0.25, 0.3) is 22.3 Å². The lowest BCUT2D eigenvalue weighted by Crippen LogP contribution is -2.29. The molecule has 0 atom stereocenters. The summed E-state index contributed by atoms with van der Waals surface area (Å²) in [5.74, 6) is 0. The maximum atomic E-state index is 11.5. The zero-order valence-electron chi connectivity index (χ0n) is 25.0. The smallest absolute Gasteiger partial charge is 0.423 e. The standard InChI is InChI=1S/C18H11ClN2O4.C6H6BClO2.C6H4INO2.CH3F/c19-13-10-8-12(9-11-13)18-15(5-3-7-17(18)21(24)25)14-4-1-2-6-16(14)20(22)23;8-6-3-1-5(2-4-6)7(9)10;7-5-3-1-2-4-6(5)8(9)10;1-2/h1-11H;1-4,9-10H;1-4H;1H3/i;;;1D. The number of nitro benzene ring substituents is 3. The van der Waals surface area contributed by atoms with Gasteiger partial charge in [-0.3, -0.25) is 34.7 Å². The Morgan fingerprint density at radius 2 is 1.09 bits per heavy atom. The molecule has 242 valence electrons. The quantitative estimate of drug-likeness (QED) is 0.0749.